The number of H-pyrrole nitrogens is 1. The van der Waals surface area contributed by atoms with E-state index in [-0.39, 0.29) is 30.6 Å². The number of hydrogen-bond donors (Lipinski definition) is 3. The van der Waals surface area contributed by atoms with Gasteiger partial charge in [-0.25, -0.2) is 0 Å². The van der Waals surface area contributed by atoms with E-state index in [0.29, 0.717) is 24.6 Å². The average Bonchev–Trinajstić information content (AvgIpc) is 3.11. The van der Waals surface area contributed by atoms with Crippen LogP contribution in [0.2, 0.25) is 0 Å². The van der Waals surface area contributed by atoms with Gasteiger partial charge in [-0.15, -0.1) is 24.0 Å². The summed E-state index contributed by atoms with van der Waals surface area (Å²) in [4.78, 5) is 7.56. The zero-order chi connectivity index (χ0) is 20.7. The minimum atomic E-state index is -4.31. The first kappa shape index (κ1) is 24.0. The van der Waals surface area contributed by atoms with Gasteiger partial charge in [-0.3, -0.25) is 4.99 Å². The number of rotatable bonds is 7. The van der Waals surface area contributed by atoms with Crippen LogP contribution >= 0.6 is 24.0 Å². The van der Waals surface area contributed by atoms with Gasteiger partial charge in [-0.05, 0) is 28.6 Å². The van der Waals surface area contributed by atoms with Crippen molar-refractivity contribution in [2.75, 3.05) is 13.7 Å². The molecule has 0 saturated carbocycles. The molecule has 0 amide bonds. The number of hydrogen-bond acceptors (Lipinski definition) is 2. The second kappa shape index (κ2) is 11.2. The highest BCUT2D eigenvalue weighted by atomic mass is 127. The third-order valence-electron chi connectivity index (χ3n) is 4.27. The van der Waals surface area contributed by atoms with Crippen LogP contribution in [0.25, 0.3) is 10.9 Å². The van der Waals surface area contributed by atoms with Gasteiger partial charge in [0.1, 0.15) is 6.61 Å². The van der Waals surface area contributed by atoms with Gasteiger partial charge in [0, 0.05) is 24.8 Å². The lowest BCUT2D eigenvalue weighted by Crippen LogP contribution is -2.36. The molecule has 0 saturated heterocycles. The Bertz CT molecular complexity index is 922. The molecule has 9 heteroatoms. The number of halogens is 4. The van der Waals surface area contributed by atoms with E-state index in [2.05, 4.69) is 37.5 Å². The maximum absolute atomic E-state index is 12.1. The summed E-state index contributed by atoms with van der Waals surface area (Å²) in [5.41, 5.74) is 3.82. The van der Waals surface area contributed by atoms with Crippen LogP contribution in [0.5, 0.6) is 0 Å². The summed E-state index contributed by atoms with van der Waals surface area (Å²) in [5, 5.41) is 7.63. The van der Waals surface area contributed by atoms with Crippen molar-refractivity contribution in [2.24, 2.45) is 4.99 Å². The Kier molecular flexibility index (Phi) is 8.97. The molecule has 3 rings (SSSR count). The molecule has 162 valence electrons. The summed E-state index contributed by atoms with van der Waals surface area (Å²) < 4.78 is 41.0. The van der Waals surface area contributed by atoms with Crippen molar-refractivity contribution in [3.05, 3.63) is 71.4 Å². The summed E-state index contributed by atoms with van der Waals surface area (Å²) in [6, 6.07) is 17.4. The fourth-order valence-electron chi connectivity index (χ4n) is 2.85. The summed E-state index contributed by atoms with van der Waals surface area (Å²) in [6.45, 7) is -0.171. The largest absolute Gasteiger partial charge is 0.411 e. The summed E-state index contributed by atoms with van der Waals surface area (Å²) in [6.07, 6.45) is -4.31. The molecule has 0 aliphatic carbocycles. The number of para-hydroxylation sites is 1. The van der Waals surface area contributed by atoms with Gasteiger partial charge in [0.15, 0.2) is 5.96 Å². The highest BCUT2D eigenvalue weighted by Crippen LogP contribution is 2.16. The number of benzene rings is 2. The molecule has 0 atom stereocenters. The predicted molar refractivity (Wildman–Crippen MR) is 123 cm³/mol. The first-order valence-electron chi connectivity index (χ1n) is 9.16. The molecule has 0 radical (unpaired) electrons. The average molecular weight is 532 g/mol. The number of alkyl halides is 3. The monoisotopic (exact) mass is 532 g/mol. The molecule has 0 fully saturated rings. The lowest BCUT2D eigenvalue weighted by atomic mass is 10.1. The predicted octanol–water partition coefficient (Wildman–Crippen LogP) is 4.73. The molecule has 2 aromatic carbocycles. The number of aromatic nitrogens is 1. The lowest BCUT2D eigenvalue weighted by molar-refractivity contribution is -0.176. The minimum Gasteiger partial charge on any atom is -0.367 e. The smallest absolute Gasteiger partial charge is 0.367 e. The summed E-state index contributed by atoms with van der Waals surface area (Å²) >= 11 is 0. The molecule has 0 unspecified atom stereocenters. The molecule has 1 heterocycles. The molecular weight excluding hydrogens is 508 g/mol. The van der Waals surface area contributed by atoms with E-state index in [1.54, 1.807) is 19.2 Å². The maximum Gasteiger partial charge on any atom is 0.411 e. The van der Waals surface area contributed by atoms with Gasteiger partial charge in [-0.1, -0.05) is 42.5 Å². The maximum atomic E-state index is 12.1. The topological polar surface area (TPSA) is 61.4 Å². The molecule has 5 nitrogen and oxygen atoms in total. The Labute approximate surface area is 190 Å². The van der Waals surface area contributed by atoms with Crippen LogP contribution in [0.15, 0.2) is 59.6 Å². The quantitative estimate of drug-likeness (QED) is 0.234. The molecule has 30 heavy (non-hydrogen) atoms. The van der Waals surface area contributed by atoms with Crippen LogP contribution in [-0.4, -0.2) is 30.8 Å². The van der Waals surface area contributed by atoms with Gasteiger partial charge in [-0.2, -0.15) is 13.2 Å². The first-order chi connectivity index (χ1) is 13.9. The van der Waals surface area contributed by atoms with E-state index >= 15 is 0 Å². The van der Waals surface area contributed by atoms with Crippen LogP contribution < -0.4 is 10.6 Å². The number of ether oxygens (including phenoxy) is 1. The molecule has 3 aromatic rings. The Morgan fingerprint density at radius 1 is 1.00 bits per heavy atom. The van der Waals surface area contributed by atoms with Crippen molar-refractivity contribution < 1.29 is 17.9 Å². The normalized spacial score (nSPS) is 11.9. The Morgan fingerprint density at radius 2 is 1.67 bits per heavy atom. The Balaban J connectivity index is 0.00000320. The Morgan fingerprint density at radius 3 is 2.33 bits per heavy atom. The van der Waals surface area contributed by atoms with Gasteiger partial charge < -0.3 is 20.4 Å². The Hall–Kier alpha value is -2.27. The van der Waals surface area contributed by atoms with E-state index in [0.717, 1.165) is 22.2 Å². The molecule has 0 aliphatic rings. The summed E-state index contributed by atoms with van der Waals surface area (Å²) in [5.74, 6) is 0.654. The second-order valence-electron chi connectivity index (χ2n) is 6.59. The molecule has 0 aliphatic heterocycles. The number of aromatic amines is 1. The van der Waals surface area contributed by atoms with Crippen molar-refractivity contribution in [2.45, 2.75) is 25.9 Å². The standard InChI is InChI=1S/C21H23F3N4O.HI/c1-25-20(27-12-18-10-17-4-2-3-5-19(17)28-18)26-11-15-6-8-16(9-7-15)13-29-14-21(22,23)24;/h2-10,28H,11-14H2,1H3,(H2,25,26,27);1H. The van der Waals surface area contributed by atoms with Gasteiger partial charge in [0.2, 0.25) is 0 Å². The van der Waals surface area contributed by atoms with E-state index in [1.807, 2.05) is 30.3 Å². The van der Waals surface area contributed by atoms with Crippen LogP contribution in [-0.2, 0) is 24.4 Å². The second-order valence-corrected chi connectivity index (χ2v) is 6.59. The van der Waals surface area contributed by atoms with Gasteiger partial charge >= 0.3 is 6.18 Å². The highest BCUT2D eigenvalue weighted by molar-refractivity contribution is 14.0. The van der Waals surface area contributed by atoms with Crippen LogP contribution in [0, 0.1) is 0 Å². The van der Waals surface area contributed by atoms with Gasteiger partial charge in [0.05, 0.1) is 13.2 Å². The van der Waals surface area contributed by atoms with E-state index in [4.69, 9.17) is 0 Å². The van der Waals surface area contributed by atoms with E-state index < -0.39 is 12.8 Å². The van der Waals surface area contributed by atoms with Crippen molar-refractivity contribution in [3.8, 4) is 0 Å². The summed E-state index contributed by atoms with van der Waals surface area (Å²) in [7, 11) is 1.70. The third kappa shape index (κ3) is 7.52. The molecular formula is C21H24F3IN4O. The third-order valence-corrected chi connectivity index (χ3v) is 4.27. The van der Waals surface area contributed by atoms with Crippen molar-refractivity contribution in [1.29, 1.82) is 0 Å². The van der Waals surface area contributed by atoms with E-state index in [9.17, 15) is 13.2 Å². The van der Waals surface area contributed by atoms with Crippen molar-refractivity contribution >= 4 is 40.8 Å². The molecule has 0 spiro atoms. The number of nitrogens with one attached hydrogen (secondary N) is 3. The zero-order valence-corrected chi connectivity index (χ0v) is 18.8. The lowest BCUT2D eigenvalue weighted by Gasteiger charge is -2.12. The fraction of sp³-hybridized carbons (Fsp3) is 0.286. The minimum absolute atomic E-state index is 0. The van der Waals surface area contributed by atoms with Crippen molar-refractivity contribution in [3.63, 3.8) is 0 Å². The number of guanidine groups is 1. The number of fused-ring (bicyclic) bond motifs is 1. The number of aliphatic imine (C=N–C) groups is 1. The molecule has 0 bridgehead atoms. The first-order valence-corrected chi connectivity index (χ1v) is 9.16. The highest BCUT2D eigenvalue weighted by Gasteiger charge is 2.27. The fourth-order valence-corrected chi connectivity index (χ4v) is 2.85. The van der Waals surface area contributed by atoms with E-state index in [1.165, 1.54) is 0 Å². The van der Waals surface area contributed by atoms with Crippen LogP contribution in [0.4, 0.5) is 13.2 Å². The SMILES string of the molecule is CN=C(NCc1ccc(COCC(F)(F)F)cc1)NCc1cc2ccccc2[nH]1.I. The van der Waals surface area contributed by atoms with Crippen molar-refractivity contribution in [1.82, 2.24) is 15.6 Å². The molecule has 3 N–H and O–H groups in total. The molecule has 1 aromatic heterocycles. The van der Waals surface area contributed by atoms with Gasteiger partial charge in [0.25, 0.3) is 0 Å². The zero-order valence-electron chi connectivity index (χ0n) is 16.4. The number of nitrogens with zero attached hydrogens (tertiary/aromatic N) is 1. The van der Waals surface area contributed by atoms with Crippen LogP contribution in [0.1, 0.15) is 16.8 Å². The van der Waals surface area contributed by atoms with Crippen LogP contribution in [0.3, 0.4) is 0 Å².